The molecule has 21 heavy (non-hydrogen) atoms. The molecule has 2 rings (SSSR count). The normalized spacial score (nSPS) is 12.1. The summed E-state index contributed by atoms with van der Waals surface area (Å²) in [7, 11) is 0. The number of nitrogens with two attached hydrogens (primary N) is 1. The molecule has 2 aromatic rings. The van der Waals surface area contributed by atoms with Crippen molar-refractivity contribution in [2.45, 2.75) is 39.0 Å². The van der Waals surface area contributed by atoms with Gasteiger partial charge in [-0.05, 0) is 74.0 Å². The molecule has 2 nitrogen and oxygen atoms in total. The van der Waals surface area contributed by atoms with Crippen molar-refractivity contribution in [3.8, 4) is 11.5 Å². The minimum Gasteiger partial charge on any atom is -0.457 e. The SMILES string of the molecule is CCC(CCCN)c1ccc(Oc2ccccc2)cc1C. The summed E-state index contributed by atoms with van der Waals surface area (Å²) >= 11 is 0. The second-order valence-electron chi connectivity index (χ2n) is 5.47. The molecule has 0 bridgehead atoms. The fraction of sp³-hybridized carbons (Fsp3) is 0.368. The van der Waals surface area contributed by atoms with E-state index in [9.17, 15) is 0 Å². The number of rotatable bonds is 7. The van der Waals surface area contributed by atoms with E-state index in [-0.39, 0.29) is 0 Å². The second-order valence-corrected chi connectivity index (χ2v) is 5.47. The predicted octanol–water partition coefficient (Wildman–Crippen LogP) is 5.02. The van der Waals surface area contributed by atoms with Gasteiger partial charge in [-0.3, -0.25) is 0 Å². The first-order chi connectivity index (χ1) is 10.2. The number of para-hydroxylation sites is 1. The minimum absolute atomic E-state index is 0.597. The number of hydrogen-bond acceptors (Lipinski definition) is 2. The lowest BCUT2D eigenvalue weighted by Crippen LogP contribution is -2.05. The van der Waals surface area contributed by atoms with Gasteiger partial charge in [0.1, 0.15) is 11.5 Å². The quantitative estimate of drug-likeness (QED) is 0.774. The predicted molar refractivity (Wildman–Crippen MR) is 89.0 cm³/mol. The van der Waals surface area contributed by atoms with Crippen LogP contribution in [0.5, 0.6) is 11.5 Å². The fourth-order valence-corrected chi connectivity index (χ4v) is 2.74. The maximum atomic E-state index is 5.89. The van der Waals surface area contributed by atoms with E-state index in [0.717, 1.165) is 37.3 Å². The molecular weight excluding hydrogens is 258 g/mol. The molecule has 0 aliphatic carbocycles. The summed E-state index contributed by atoms with van der Waals surface area (Å²) in [6.45, 7) is 5.18. The van der Waals surface area contributed by atoms with Crippen molar-refractivity contribution in [3.05, 3.63) is 59.7 Å². The van der Waals surface area contributed by atoms with E-state index in [4.69, 9.17) is 10.5 Å². The first kappa shape index (κ1) is 15.6. The van der Waals surface area contributed by atoms with Gasteiger partial charge in [0, 0.05) is 0 Å². The zero-order chi connectivity index (χ0) is 15.1. The molecule has 0 saturated carbocycles. The third kappa shape index (κ3) is 4.33. The number of ether oxygens (including phenoxy) is 1. The van der Waals surface area contributed by atoms with Gasteiger partial charge >= 0.3 is 0 Å². The van der Waals surface area contributed by atoms with Crippen molar-refractivity contribution in [1.82, 2.24) is 0 Å². The molecule has 0 aliphatic heterocycles. The summed E-state index contributed by atoms with van der Waals surface area (Å²) in [6.07, 6.45) is 3.40. The van der Waals surface area contributed by atoms with Gasteiger partial charge in [-0.15, -0.1) is 0 Å². The molecule has 0 aliphatic rings. The Morgan fingerprint density at radius 3 is 2.43 bits per heavy atom. The lowest BCUT2D eigenvalue weighted by atomic mass is 9.89. The van der Waals surface area contributed by atoms with Gasteiger partial charge in [-0.25, -0.2) is 0 Å². The summed E-state index contributed by atoms with van der Waals surface area (Å²) < 4.78 is 5.89. The van der Waals surface area contributed by atoms with Crippen LogP contribution in [0.1, 0.15) is 43.2 Å². The van der Waals surface area contributed by atoms with Crippen LogP contribution in [0, 0.1) is 6.92 Å². The van der Waals surface area contributed by atoms with E-state index in [1.165, 1.54) is 11.1 Å². The van der Waals surface area contributed by atoms with Crippen LogP contribution in [0.2, 0.25) is 0 Å². The average Bonchev–Trinajstić information content (AvgIpc) is 2.50. The summed E-state index contributed by atoms with van der Waals surface area (Å²) in [6, 6.07) is 16.3. The smallest absolute Gasteiger partial charge is 0.127 e. The van der Waals surface area contributed by atoms with Gasteiger partial charge in [0.2, 0.25) is 0 Å². The number of aryl methyl sites for hydroxylation is 1. The van der Waals surface area contributed by atoms with Crippen molar-refractivity contribution in [2.75, 3.05) is 6.54 Å². The van der Waals surface area contributed by atoms with Crippen LogP contribution in [0.4, 0.5) is 0 Å². The van der Waals surface area contributed by atoms with Crippen LogP contribution in [0.3, 0.4) is 0 Å². The van der Waals surface area contributed by atoms with Crippen molar-refractivity contribution < 1.29 is 4.74 Å². The molecule has 0 heterocycles. The average molecular weight is 283 g/mol. The van der Waals surface area contributed by atoms with Crippen molar-refractivity contribution in [1.29, 1.82) is 0 Å². The molecule has 2 N–H and O–H groups in total. The molecule has 0 fully saturated rings. The molecule has 1 unspecified atom stereocenters. The lowest BCUT2D eigenvalue weighted by Gasteiger charge is -2.18. The molecule has 0 radical (unpaired) electrons. The first-order valence-electron chi connectivity index (χ1n) is 7.78. The van der Waals surface area contributed by atoms with Crippen LogP contribution in [0.25, 0.3) is 0 Å². The van der Waals surface area contributed by atoms with Crippen LogP contribution < -0.4 is 10.5 Å². The molecule has 0 saturated heterocycles. The Hall–Kier alpha value is -1.80. The Bertz CT molecular complexity index is 551. The molecule has 112 valence electrons. The van der Waals surface area contributed by atoms with E-state index in [1.54, 1.807) is 0 Å². The van der Waals surface area contributed by atoms with Gasteiger partial charge in [0.05, 0.1) is 0 Å². The Labute approximate surface area is 127 Å². The summed E-state index contributed by atoms with van der Waals surface area (Å²) in [5.41, 5.74) is 8.36. The molecule has 2 heteroatoms. The summed E-state index contributed by atoms with van der Waals surface area (Å²) in [5.74, 6) is 2.37. The van der Waals surface area contributed by atoms with Gasteiger partial charge < -0.3 is 10.5 Å². The van der Waals surface area contributed by atoms with Crippen LogP contribution in [-0.2, 0) is 0 Å². The van der Waals surface area contributed by atoms with E-state index in [1.807, 2.05) is 30.3 Å². The first-order valence-corrected chi connectivity index (χ1v) is 7.78. The molecule has 1 atom stereocenters. The second kappa shape index (κ2) is 7.84. The topological polar surface area (TPSA) is 35.2 Å². The van der Waals surface area contributed by atoms with E-state index < -0.39 is 0 Å². The van der Waals surface area contributed by atoms with Crippen molar-refractivity contribution >= 4 is 0 Å². The minimum atomic E-state index is 0.597. The Balaban J connectivity index is 2.13. The van der Waals surface area contributed by atoms with Crippen LogP contribution in [-0.4, -0.2) is 6.54 Å². The third-order valence-corrected chi connectivity index (χ3v) is 3.91. The maximum Gasteiger partial charge on any atom is 0.127 e. The largest absolute Gasteiger partial charge is 0.457 e. The van der Waals surface area contributed by atoms with Gasteiger partial charge in [0.15, 0.2) is 0 Å². The zero-order valence-corrected chi connectivity index (χ0v) is 13.0. The summed E-state index contributed by atoms with van der Waals surface area (Å²) in [4.78, 5) is 0. The van der Waals surface area contributed by atoms with Gasteiger partial charge in [-0.2, -0.15) is 0 Å². The van der Waals surface area contributed by atoms with Crippen molar-refractivity contribution in [2.24, 2.45) is 5.73 Å². The molecule has 0 aromatic heterocycles. The van der Waals surface area contributed by atoms with Crippen LogP contribution >= 0.6 is 0 Å². The summed E-state index contributed by atoms with van der Waals surface area (Å²) in [5, 5.41) is 0. The Kier molecular flexibility index (Phi) is 5.82. The Morgan fingerprint density at radius 2 is 1.81 bits per heavy atom. The van der Waals surface area contributed by atoms with Gasteiger partial charge in [0.25, 0.3) is 0 Å². The fourth-order valence-electron chi connectivity index (χ4n) is 2.74. The standard InChI is InChI=1S/C19H25NO/c1-3-16(8-7-13-20)19-12-11-18(14-15(19)2)21-17-9-5-4-6-10-17/h4-6,9-12,14,16H,3,7-8,13,20H2,1-2H3. The molecule has 2 aromatic carbocycles. The highest BCUT2D eigenvalue weighted by atomic mass is 16.5. The number of hydrogen-bond donors (Lipinski definition) is 1. The van der Waals surface area contributed by atoms with E-state index in [0.29, 0.717) is 5.92 Å². The lowest BCUT2D eigenvalue weighted by molar-refractivity contribution is 0.481. The molecule has 0 spiro atoms. The van der Waals surface area contributed by atoms with Crippen LogP contribution in [0.15, 0.2) is 48.5 Å². The number of benzene rings is 2. The highest BCUT2D eigenvalue weighted by Crippen LogP contribution is 2.31. The third-order valence-electron chi connectivity index (χ3n) is 3.91. The molecular formula is C19H25NO. The monoisotopic (exact) mass is 283 g/mol. The van der Waals surface area contributed by atoms with Gasteiger partial charge in [-0.1, -0.05) is 31.2 Å². The van der Waals surface area contributed by atoms with E-state index >= 15 is 0 Å². The van der Waals surface area contributed by atoms with E-state index in [2.05, 4.69) is 32.0 Å². The maximum absolute atomic E-state index is 5.89. The molecule has 0 amide bonds. The highest BCUT2D eigenvalue weighted by Gasteiger charge is 2.12. The highest BCUT2D eigenvalue weighted by molar-refractivity contribution is 5.39. The van der Waals surface area contributed by atoms with Crippen molar-refractivity contribution in [3.63, 3.8) is 0 Å². The zero-order valence-electron chi connectivity index (χ0n) is 13.0. The Morgan fingerprint density at radius 1 is 1.05 bits per heavy atom.